The van der Waals surface area contributed by atoms with Gasteiger partial charge in [-0.2, -0.15) is 5.10 Å². The Labute approximate surface area is 115 Å². The van der Waals surface area contributed by atoms with E-state index < -0.39 is 0 Å². The van der Waals surface area contributed by atoms with E-state index in [0.717, 1.165) is 5.56 Å². The molecule has 0 atom stereocenters. The minimum Gasteiger partial charge on any atom is -0.497 e. The number of benzene rings is 1. The Balaban J connectivity index is 2.00. The molecule has 102 valence electrons. The first-order chi connectivity index (χ1) is 9.60. The first-order valence-electron chi connectivity index (χ1n) is 6.13. The van der Waals surface area contributed by atoms with Gasteiger partial charge in [-0.25, -0.2) is 4.68 Å². The van der Waals surface area contributed by atoms with E-state index in [1.54, 1.807) is 37.3 Å². The smallest absolute Gasteiger partial charge is 0.266 e. The third-order valence-electron chi connectivity index (χ3n) is 3.34. The molecule has 0 saturated carbocycles. The molecule has 0 N–H and O–H groups in total. The van der Waals surface area contributed by atoms with E-state index in [2.05, 4.69) is 5.10 Å². The molecule has 6 nitrogen and oxygen atoms in total. The predicted octanol–water partition coefficient (Wildman–Crippen LogP) is 0.949. The lowest BCUT2D eigenvalue weighted by molar-refractivity contribution is 0.0995. The Morgan fingerprint density at radius 1 is 1.20 bits per heavy atom. The summed E-state index contributed by atoms with van der Waals surface area (Å²) in [4.78, 5) is 25.2. The van der Waals surface area contributed by atoms with Crippen molar-refractivity contribution < 1.29 is 9.53 Å². The maximum Gasteiger partial charge on any atom is 0.266 e. The predicted molar refractivity (Wildman–Crippen MR) is 73.0 cm³/mol. The summed E-state index contributed by atoms with van der Waals surface area (Å²) in [6.45, 7) is 0.427. The molecular weight excluding hydrogens is 258 g/mol. The number of fused-ring (bicyclic) bond motifs is 1. The van der Waals surface area contributed by atoms with E-state index in [4.69, 9.17) is 4.74 Å². The van der Waals surface area contributed by atoms with E-state index in [9.17, 15) is 9.59 Å². The highest BCUT2D eigenvalue weighted by molar-refractivity contribution is 6.09. The molecule has 1 aliphatic heterocycles. The van der Waals surface area contributed by atoms with Crippen LogP contribution in [0.3, 0.4) is 0 Å². The fourth-order valence-corrected chi connectivity index (χ4v) is 2.24. The van der Waals surface area contributed by atoms with E-state index in [1.807, 2.05) is 6.07 Å². The lowest BCUT2D eigenvalue weighted by atomic mass is 10.1. The zero-order chi connectivity index (χ0) is 14.3. The van der Waals surface area contributed by atoms with Crippen LogP contribution in [0.25, 0.3) is 0 Å². The molecule has 0 spiro atoms. The summed E-state index contributed by atoms with van der Waals surface area (Å²) in [6.07, 6.45) is 0. The summed E-state index contributed by atoms with van der Waals surface area (Å²) >= 11 is 0. The fraction of sp³-hybridized carbons (Fsp3) is 0.214. The van der Waals surface area contributed by atoms with Gasteiger partial charge in [-0.05, 0) is 29.8 Å². The minimum absolute atomic E-state index is 0.117. The maximum absolute atomic E-state index is 12.4. The van der Waals surface area contributed by atoms with Gasteiger partial charge in [0.2, 0.25) is 0 Å². The molecule has 2 heterocycles. The Morgan fingerprint density at radius 3 is 2.70 bits per heavy atom. The lowest BCUT2D eigenvalue weighted by Gasteiger charge is -2.14. The van der Waals surface area contributed by atoms with Crippen LogP contribution < -0.4 is 15.2 Å². The number of anilines is 1. The average molecular weight is 271 g/mol. The van der Waals surface area contributed by atoms with Gasteiger partial charge in [0.15, 0.2) is 5.82 Å². The number of rotatable bonds is 2. The van der Waals surface area contributed by atoms with Crippen LogP contribution in [0, 0.1) is 0 Å². The van der Waals surface area contributed by atoms with Gasteiger partial charge in [0.05, 0.1) is 13.7 Å². The Hall–Kier alpha value is -2.63. The first kappa shape index (κ1) is 12.4. The highest BCUT2D eigenvalue weighted by Crippen LogP contribution is 2.29. The molecule has 0 radical (unpaired) electrons. The van der Waals surface area contributed by atoms with E-state index in [0.29, 0.717) is 23.7 Å². The van der Waals surface area contributed by atoms with Gasteiger partial charge in [-0.1, -0.05) is 0 Å². The zero-order valence-corrected chi connectivity index (χ0v) is 11.2. The molecular formula is C14H13N3O3. The number of methoxy groups -OCH3 is 1. The molecule has 0 saturated heterocycles. The van der Waals surface area contributed by atoms with Crippen molar-refractivity contribution in [1.82, 2.24) is 9.78 Å². The van der Waals surface area contributed by atoms with Gasteiger partial charge in [-0.3, -0.25) is 14.5 Å². The molecule has 1 amide bonds. The summed E-state index contributed by atoms with van der Waals surface area (Å²) in [5.74, 6) is 1.06. The summed E-state index contributed by atoms with van der Waals surface area (Å²) in [5.41, 5.74) is 1.33. The molecule has 2 aromatic rings. The Bertz CT molecular complexity index is 752. The molecule has 0 aliphatic carbocycles. The molecule has 0 fully saturated rings. The highest BCUT2D eigenvalue weighted by Gasteiger charge is 2.29. The second-order valence-electron chi connectivity index (χ2n) is 4.57. The summed E-state index contributed by atoms with van der Waals surface area (Å²) in [5, 5.41) is 4.11. The van der Waals surface area contributed by atoms with Crippen molar-refractivity contribution in [3.05, 3.63) is 51.8 Å². The van der Waals surface area contributed by atoms with Crippen molar-refractivity contribution >= 4 is 11.7 Å². The number of hydrogen-bond donors (Lipinski definition) is 0. The second kappa shape index (κ2) is 4.48. The van der Waals surface area contributed by atoms with Crippen molar-refractivity contribution in [2.24, 2.45) is 7.05 Å². The SMILES string of the molecule is COc1ccc2c(c1)CN(c1ccc(=O)n(C)n1)C2=O. The molecule has 0 bridgehead atoms. The van der Waals surface area contributed by atoms with Gasteiger partial charge in [0.25, 0.3) is 11.5 Å². The average Bonchev–Trinajstić information content (AvgIpc) is 2.78. The van der Waals surface area contributed by atoms with Crippen LogP contribution in [0.15, 0.2) is 35.1 Å². The van der Waals surface area contributed by atoms with Crippen molar-refractivity contribution in [2.45, 2.75) is 6.54 Å². The number of amides is 1. The van der Waals surface area contributed by atoms with Gasteiger partial charge in [0, 0.05) is 18.7 Å². The maximum atomic E-state index is 12.4. The second-order valence-corrected chi connectivity index (χ2v) is 4.57. The van der Waals surface area contributed by atoms with Crippen molar-refractivity contribution in [3.63, 3.8) is 0 Å². The highest BCUT2D eigenvalue weighted by atomic mass is 16.5. The number of carbonyl (C=O) groups is 1. The molecule has 20 heavy (non-hydrogen) atoms. The molecule has 1 aliphatic rings. The molecule has 1 aromatic heterocycles. The number of nitrogens with zero attached hydrogens (tertiary/aromatic N) is 3. The van der Waals surface area contributed by atoms with E-state index in [-0.39, 0.29) is 11.5 Å². The van der Waals surface area contributed by atoms with Gasteiger partial charge in [0.1, 0.15) is 5.75 Å². The van der Waals surface area contributed by atoms with Crippen molar-refractivity contribution in [2.75, 3.05) is 12.0 Å². The summed E-state index contributed by atoms with van der Waals surface area (Å²) < 4.78 is 6.37. The Morgan fingerprint density at radius 2 is 2.00 bits per heavy atom. The van der Waals surface area contributed by atoms with Gasteiger partial charge >= 0.3 is 0 Å². The van der Waals surface area contributed by atoms with Crippen molar-refractivity contribution in [1.29, 1.82) is 0 Å². The van der Waals surface area contributed by atoms with Crippen LogP contribution in [0.5, 0.6) is 5.75 Å². The lowest BCUT2D eigenvalue weighted by Crippen LogP contribution is -2.28. The molecule has 0 unspecified atom stereocenters. The van der Waals surface area contributed by atoms with E-state index in [1.165, 1.54) is 10.7 Å². The third-order valence-corrected chi connectivity index (χ3v) is 3.34. The topological polar surface area (TPSA) is 64.4 Å². The quantitative estimate of drug-likeness (QED) is 0.815. The van der Waals surface area contributed by atoms with Crippen LogP contribution in [0.4, 0.5) is 5.82 Å². The summed E-state index contributed by atoms with van der Waals surface area (Å²) in [6, 6.07) is 8.31. The van der Waals surface area contributed by atoms with Crippen LogP contribution in [-0.2, 0) is 13.6 Å². The minimum atomic E-state index is -0.209. The molecule has 6 heteroatoms. The number of hydrogen-bond acceptors (Lipinski definition) is 4. The van der Waals surface area contributed by atoms with E-state index >= 15 is 0 Å². The number of aromatic nitrogens is 2. The molecule has 1 aromatic carbocycles. The van der Waals surface area contributed by atoms with Crippen LogP contribution in [-0.4, -0.2) is 22.8 Å². The number of ether oxygens (including phenoxy) is 1. The van der Waals surface area contributed by atoms with Gasteiger partial charge < -0.3 is 4.74 Å². The fourth-order valence-electron chi connectivity index (χ4n) is 2.24. The van der Waals surface area contributed by atoms with Crippen LogP contribution in [0.2, 0.25) is 0 Å². The van der Waals surface area contributed by atoms with Crippen LogP contribution >= 0.6 is 0 Å². The van der Waals surface area contributed by atoms with Gasteiger partial charge in [-0.15, -0.1) is 0 Å². The van der Waals surface area contributed by atoms with Crippen molar-refractivity contribution in [3.8, 4) is 5.75 Å². The first-order valence-corrected chi connectivity index (χ1v) is 6.13. The monoisotopic (exact) mass is 271 g/mol. The normalized spacial score (nSPS) is 13.5. The number of aryl methyl sites for hydroxylation is 1. The zero-order valence-electron chi connectivity index (χ0n) is 11.2. The Kier molecular flexibility index (Phi) is 2.78. The number of carbonyl (C=O) groups excluding carboxylic acids is 1. The summed E-state index contributed by atoms with van der Waals surface area (Å²) in [7, 11) is 3.15. The largest absolute Gasteiger partial charge is 0.497 e. The standard InChI is InChI=1S/C14H13N3O3/c1-16-13(18)6-5-12(15-16)17-8-9-7-10(20-2)3-4-11(9)14(17)19/h3-7H,8H2,1-2H3. The van der Waals surface area contributed by atoms with Crippen LogP contribution in [0.1, 0.15) is 15.9 Å². The third kappa shape index (κ3) is 1.85. The molecule has 3 rings (SSSR count).